The number of nitrogens with one attached hydrogen (secondary N) is 1. The molecular weight excluding hydrogens is 402 g/mol. The van der Waals surface area contributed by atoms with Crippen LogP contribution in [0.3, 0.4) is 0 Å². The summed E-state index contributed by atoms with van der Waals surface area (Å²) in [5.41, 5.74) is 11.8. The number of imidazole rings is 1. The van der Waals surface area contributed by atoms with Crippen LogP contribution in [0.4, 0.5) is 11.5 Å². The summed E-state index contributed by atoms with van der Waals surface area (Å²) in [5.74, 6) is 1.24. The minimum atomic E-state index is 0.116. The lowest BCUT2D eigenvalue weighted by molar-refractivity contribution is 0.396. The molecule has 8 nitrogen and oxygen atoms in total. The minimum absolute atomic E-state index is 0.116. The van der Waals surface area contributed by atoms with Crippen LogP contribution in [0, 0.1) is 13.8 Å². The van der Waals surface area contributed by atoms with Gasteiger partial charge in [0.25, 0.3) is 0 Å². The lowest BCUT2D eigenvalue weighted by atomic mass is 10.0. The quantitative estimate of drug-likeness (QED) is 0.417. The molecule has 32 heavy (non-hydrogen) atoms. The lowest BCUT2D eigenvalue weighted by Crippen LogP contribution is -2.12. The molecule has 0 aliphatic heterocycles. The van der Waals surface area contributed by atoms with Gasteiger partial charge in [0.05, 0.1) is 30.9 Å². The normalized spacial score (nSPS) is 11.9. The van der Waals surface area contributed by atoms with Gasteiger partial charge in [-0.25, -0.2) is 9.97 Å². The molecule has 3 N–H and O–H groups in total. The molecule has 0 aliphatic rings. The van der Waals surface area contributed by atoms with Gasteiger partial charge in [-0.3, -0.25) is 0 Å². The Labute approximate surface area is 187 Å². The summed E-state index contributed by atoms with van der Waals surface area (Å²) in [4.78, 5) is 8.92. The van der Waals surface area contributed by atoms with Crippen molar-refractivity contribution < 1.29 is 4.74 Å². The number of rotatable bonds is 7. The monoisotopic (exact) mass is 429 g/mol. The predicted molar refractivity (Wildman–Crippen MR) is 126 cm³/mol. The second-order valence-corrected chi connectivity index (χ2v) is 7.68. The van der Waals surface area contributed by atoms with Crippen molar-refractivity contribution in [2.24, 2.45) is 0 Å². The first-order chi connectivity index (χ1) is 15.5. The highest BCUT2D eigenvalue weighted by molar-refractivity contribution is 5.61. The first kappa shape index (κ1) is 21.3. The summed E-state index contributed by atoms with van der Waals surface area (Å²) in [6.45, 7) is 6.08. The Hall–Kier alpha value is -3.94. The fourth-order valence-electron chi connectivity index (χ4n) is 3.54. The summed E-state index contributed by atoms with van der Waals surface area (Å²) in [5, 5.41) is 12.4. The fourth-order valence-corrected chi connectivity index (χ4v) is 3.54. The molecule has 3 aromatic heterocycles. The molecule has 0 bridgehead atoms. The van der Waals surface area contributed by atoms with E-state index in [0.717, 1.165) is 40.4 Å². The van der Waals surface area contributed by atoms with E-state index in [1.807, 2.05) is 67.1 Å². The van der Waals surface area contributed by atoms with E-state index in [0.29, 0.717) is 17.3 Å². The zero-order valence-electron chi connectivity index (χ0n) is 18.7. The van der Waals surface area contributed by atoms with Crippen molar-refractivity contribution in [3.05, 3.63) is 71.8 Å². The standard InChI is InChI=1S/C24H27N7O/c1-5-19(17-6-8-18(25)9-7-17)27-23-15(2)12-21(29-30-23)20-10-11-22(24(28-20)32-4)31-13-16(3)26-14-31/h6-14,19H,5,25H2,1-4H3,(H,27,30)/t19-/m0/s1. The molecule has 0 unspecified atom stereocenters. The maximum Gasteiger partial charge on any atom is 0.238 e. The fraction of sp³-hybridized carbons (Fsp3) is 0.250. The summed E-state index contributed by atoms with van der Waals surface area (Å²) in [6.07, 6.45) is 4.57. The van der Waals surface area contributed by atoms with Crippen LogP contribution in [-0.2, 0) is 0 Å². The Balaban J connectivity index is 1.59. The van der Waals surface area contributed by atoms with Crippen LogP contribution in [0.1, 0.15) is 36.2 Å². The van der Waals surface area contributed by atoms with Crippen molar-refractivity contribution in [1.29, 1.82) is 0 Å². The third kappa shape index (κ3) is 4.39. The number of nitrogens with zero attached hydrogens (tertiary/aromatic N) is 5. The molecule has 0 amide bonds. The van der Waals surface area contributed by atoms with Crippen molar-refractivity contribution in [1.82, 2.24) is 24.7 Å². The summed E-state index contributed by atoms with van der Waals surface area (Å²) >= 11 is 0. The van der Waals surface area contributed by atoms with Crippen LogP contribution in [0.25, 0.3) is 17.1 Å². The van der Waals surface area contributed by atoms with E-state index in [-0.39, 0.29) is 6.04 Å². The van der Waals surface area contributed by atoms with Gasteiger partial charge in [-0.15, -0.1) is 10.2 Å². The van der Waals surface area contributed by atoms with E-state index >= 15 is 0 Å². The van der Waals surface area contributed by atoms with Gasteiger partial charge in [0.2, 0.25) is 5.88 Å². The SMILES string of the molecule is CC[C@H](Nc1nnc(-c2ccc(-n3cnc(C)c3)c(OC)n2)cc1C)c1ccc(N)cc1. The van der Waals surface area contributed by atoms with E-state index in [2.05, 4.69) is 32.4 Å². The molecule has 4 rings (SSSR count). The van der Waals surface area contributed by atoms with Gasteiger partial charge in [-0.1, -0.05) is 19.1 Å². The van der Waals surface area contributed by atoms with Crippen LogP contribution in [0.5, 0.6) is 5.88 Å². The van der Waals surface area contributed by atoms with Gasteiger partial charge in [0.1, 0.15) is 11.4 Å². The smallest absolute Gasteiger partial charge is 0.238 e. The predicted octanol–water partition coefficient (Wildman–Crippen LogP) is 4.50. The molecule has 0 saturated heterocycles. The number of nitrogen functional groups attached to an aromatic ring is 1. The van der Waals surface area contributed by atoms with Crippen LogP contribution in [-0.4, -0.2) is 31.8 Å². The molecule has 0 radical (unpaired) electrons. The number of benzene rings is 1. The Kier molecular flexibility index (Phi) is 6.02. The summed E-state index contributed by atoms with van der Waals surface area (Å²) in [6, 6.07) is 13.8. The average Bonchev–Trinajstić information content (AvgIpc) is 3.24. The molecule has 164 valence electrons. The summed E-state index contributed by atoms with van der Waals surface area (Å²) in [7, 11) is 1.60. The highest BCUT2D eigenvalue weighted by Gasteiger charge is 2.15. The number of aromatic nitrogens is 5. The number of ether oxygens (including phenoxy) is 1. The topological polar surface area (TPSA) is 104 Å². The number of methoxy groups -OCH3 is 1. The zero-order valence-corrected chi connectivity index (χ0v) is 18.7. The number of hydrogen-bond donors (Lipinski definition) is 2. The lowest BCUT2D eigenvalue weighted by Gasteiger charge is -2.19. The van der Waals surface area contributed by atoms with E-state index < -0.39 is 0 Å². The third-order valence-electron chi connectivity index (χ3n) is 5.33. The van der Waals surface area contributed by atoms with Crippen molar-refractivity contribution in [3.63, 3.8) is 0 Å². The molecule has 1 aromatic carbocycles. The maximum atomic E-state index is 5.82. The summed E-state index contributed by atoms with van der Waals surface area (Å²) < 4.78 is 7.41. The van der Waals surface area contributed by atoms with E-state index in [4.69, 9.17) is 10.5 Å². The molecule has 0 aliphatic carbocycles. The Morgan fingerprint density at radius 2 is 1.84 bits per heavy atom. The molecule has 0 fully saturated rings. The van der Waals surface area contributed by atoms with Crippen molar-refractivity contribution >= 4 is 11.5 Å². The second-order valence-electron chi connectivity index (χ2n) is 7.68. The molecule has 1 atom stereocenters. The number of aryl methyl sites for hydroxylation is 2. The number of nitrogens with two attached hydrogens (primary N) is 1. The number of anilines is 2. The largest absolute Gasteiger partial charge is 0.479 e. The first-order valence-corrected chi connectivity index (χ1v) is 10.5. The molecule has 0 spiro atoms. The number of hydrogen-bond acceptors (Lipinski definition) is 7. The van der Waals surface area contributed by atoms with Crippen LogP contribution < -0.4 is 15.8 Å². The first-order valence-electron chi connectivity index (χ1n) is 10.5. The molecule has 0 saturated carbocycles. The van der Waals surface area contributed by atoms with Crippen LogP contribution in [0.2, 0.25) is 0 Å². The van der Waals surface area contributed by atoms with E-state index in [1.165, 1.54) is 0 Å². The van der Waals surface area contributed by atoms with Gasteiger partial charge < -0.3 is 20.4 Å². The van der Waals surface area contributed by atoms with Crippen molar-refractivity contribution in [2.45, 2.75) is 33.2 Å². The van der Waals surface area contributed by atoms with Crippen LogP contribution in [0.15, 0.2) is 55.0 Å². The Morgan fingerprint density at radius 3 is 2.47 bits per heavy atom. The Morgan fingerprint density at radius 1 is 1.06 bits per heavy atom. The molecule has 4 aromatic rings. The van der Waals surface area contributed by atoms with Gasteiger partial charge in [0, 0.05) is 11.9 Å². The molecule has 8 heteroatoms. The van der Waals surface area contributed by atoms with Gasteiger partial charge in [-0.2, -0.15) is 0 Å². The molecular formula is C24H27N7O. The maximum absolute atomic E-state index is 5.82. The Bertz CT molecular complexity index is 1220. The van der Waals surface area contributed by atoms with Gasteiger partial charge in [0.15, 0.2) is 5.82 Å². The number of pyridine rings is 1. The van der Waals surface area contributed by atoms with Gasteiger partial charge in [-0.05, 0) is 61.7 Å². The average molecular weight is 430 g/mol. The minimum Gasteiger partial charge on any atom is -0.479 e. The molecule has 3 heterocycles. The van der Waals surface area contributed by atoms with Crippen molar-refractivity contribution in [3.8, 4) is 23.0 Å². The second kappa shape index (κ2) is 9.05. The van der Waals surface area contributed by atoms with Crippen molar-refractivity contribution in [2.75, 3.05) is 18.2 Å². The van der Waals surface area contributed by atoms with E-state index in [9.17, 15) is 0 Å². The third-order valence-corrected chi connectivity index (χ3v) is 5.33. The van der Waals surface area contributed by atoms with E-state index in [1.54, 1.807) is 13.4 Å². The highest BCUT2D eigenvalue weighted by atomic mass is 16.5. The van der Waals surface area contributed by atoms with Gasteiger partial charge >= 0.3 is 0 Å². The highest BCUT2D eigenvalue weighted by Crippen LogP contribution is 2.28. The van der Waals surface area contributed by atoms with Crippen LogP contribution >= 0.6 is 0 Å². The zero-order chi connectivity index (χ0) is 22.7.